The lowest BCUT2D eigenvalue weighted by atomic mass is 9.83. The third kappa shape index (κ3) is 5.35. The summed E-state index contributed by atoms with van der Waals surface area (Å²) in [6.07, 6.45) is 4.18. The van der Waals surface area contributed by atoms with Crippen molar-refractivity contribution in [3.63, 3.8) is 0 Å². The predicted molar refractivity (Wildman–Crippen MR) is 150 cm³/mol. The van der Waals surface area contributed by atoms with Crippen LogP contribution in [0.4, 0.5) is 28.9 Å². The molecule has 0 saturated carbocycles. The van der Waals surface area contributed by atoms with E-state index in [2.05, 4.69) is 19.8 Å². The van der Waals surface area contributed by atoms with Gasteiger partial charge in [0.15, 0.2) is 0 Å². The van der Waals surface area contributed by atoms with Gasteiger partial charge in [0.2, 0.25) is 23.8 Å². The lowest BCUT2D eigenvalue weighted by Gasteiger charge is -2.29. The summed E-state index contributed by atoms with van der Waals surface area (Å²) in [5.41, 5.74) is 3.06. The standard InChI is InChI=1S/C31H30F4N6/c1-31(2,25-17-19(40-11-3-4-12-40)15-23(36-25)21-7-9-27(32)38-29(21)34)26-18-20(41-13-5-6-14-41)16-24(37-26)22-8-10-28(33)39-30(22)35/h7-10,15-18H,3-6,11-14H2,1-2H3. The maximum absolute atomic E-state index is 14.8. The Morgan fingerprint density at radius 3 is 1.32 bits per heavy atom. The highest BCUT2D eigenvalue weighted by molar-refractivity contribution is 5.68. The Morgan fingerprint density at radius 1 is 0.561 bits per heavy atom. The third-order valence-electron chi connectivity index (χ3n) is 8.02. The Balaban J connectivity index is 1.51. The highest BCUT2D eigenvalue weighted by atomic mass is 19.1. The molecule has 2 aliphatic rings. The minimum absolute atomic E-state index is 0.100. The lowest BCUT2D eigenvalue weighted by molar-refractivity contribution is 0.514. The van der Waals surface area contributed by atoms with E-state index in [1.165, 1.54) is 12.1 Å². The fourth-order valence-corrected chi connectivity index (χ4v) is 5.60. The Morgan fingerprint density at radius 2 is 0.951 bits per heavy atom. The first-order chi connectivity index (χ1) is 19.7. The molecule has 0 radical (unpaired) electrons. The van der Waals surface area contributed by atoms with Crippen LogP contribution in [0.2, 0.25) is 0 Å². The molecule has 4 aromatic heterocycles. The van der Waals surface area contributed by atoms with Crippen LogP contribution in [0, 0.1) is 23.8 Å². The van der Waals surface area contributed by atoms with E-state index < -0.39 is 29.2 Å². The van der Waals surface area contributed by atoms with Gasteiger partial charge < -0.3 is 9.80 Å². The zero-order valence-electron chi connectivity index (χ0n) is 23.0. The molecule has 4 aromatic rings. The molecule has 6 rings (SSSR count). The van der Waals surface area contributed by atoms with Crippen molar-refractivity contribution in [3.8, 4) is 22.5 Å². The maximum atomic E-state index is 14.8. The van der Waals surface area contributed by atoms with Gasteiger partial charge in [-0.25, -0.2) is 0 Å². The van der Waals surface area contributed by atoms with Crippen LogP contribution in [0.3, 0.4) is 0 Å². The normalized spacial score (nSPS) is 15.7. The van der Waals surface area contributed by atoms with Crippen molar-refractivity contribution in [2.24, 2.45) is 0 Å². The number of rotatable bonds is 6. The van der Waals surface area contributed by atoms with E-state index in [0.717, 1.165) is 75.4 Å². The predicted octanol–water partition coefficient (Wildman–Crippen LogP) is 6.68. The van der Waals surface area contributed by atoms with Gasteiger partial charge in [-0.2, -0.15) is 27.5 Å². The van der Waals surface area contributed by atoms with Gasteiger partial charge in [-0.3, -0.25) is 9.97 Å². The van der Waals surface area contributed by atoms with E-state index in [1.54, 1.807) is 0 Å². The number of pyridine rings is 4. The zero-order chi connectivity index (χ0) is 28.7. The topological polar surface area (TPSA) is 58.0 Å². The number of hydrogen-bond donors (Lipinski definition) is 0. The minimum Gasteiger partial charge on any atom is -0.371 e. The van der Waals surface area contributed by atoms with Crippen molar-refractivity contribution in [2.75, 3.05) is 36.0 Å². The average Bonchev–Trinajstić information content (AvgIpc) is 3.68. The number of aromatic nitrogens is 4. The van der Waals surface area contributed by atoms with Gasteiger partial charge in [-0.05, 0) is 88.1 Å². The second-order valence-corrected chi connectivity index (χ2v) is 11.1. The summed E-state index contributed by atoms with van der Waals surface area (Å²) in [5, 5.41) is 0. The zero-order valence-corrected chi connectivity index (χ0v) is 23.0. The van der Waals surface area contributed by atoms with Gasteiger partial charge >= 0.3 is 0 Å². The van der Waals surface area contributed by atoms with Crippen LogP contribution in [0.5, 0.6) is 0 Å². The second kappa shape index (κ2) is 10.7. The first-order valence-corrected chi connectivity index (χ1v) is 13.9. The van der Waals surface area contributed by atoms with E-state index in [9.17, 15) is 17.6 Å². The lowest BCUT2D eigenvalue weighted by Crippen LogP contribution is -2.26. The third-order valence-corrected chi connectivity index (χ3v) is 8.02. The summed E-state index contributed by atoms with van der Waals surface area (Å²) < 4.78 is 56.9. The Bertz CT molecular complexity index is 1480. The van der Waals surface area contributed by atoms with Crippen molar-refractivity contribution in [3.05, 3.63) is 83.7 Å². The number of nitrogens with zero attached hydrogens (tertiary/aromatic N) is 6. The summed E-state index contributed by atoms with van der Waals surface area (Å²) >= 11 is 0. The van der Waals surface area contributed by atoms with Crippen LogP contribution < -0.4 is 9.80 Å². The number of anilines is 2. The highest BCUT2D eigenvalue weighted by Crippen LogP contribution is 2.38. The quantitative estimate of drug-likeness (QED) is 0.193. The molecule has 2 saturated heterocycles. The molecule has 0 aromatic carbocycles. The molecule has 2 aliphatic heterocycles. The van der Waals surface area contributed by atoms with Gasteiger partial charge in [-0.1, -0.05) is 0 Å². The molecular formula is C31H30F4N6. The average molecular weight is 563 g/mol. The summed E-state index contributed by atoms with van der Waals surface area (Å²) in [7, 11) is 0. The maximum Gasteiger partial charge on any atom is 0.224 e. The van der Waals surface area contributed by atoms with Crippen LogP contribution in [0.15, 0.2) is 48.5 Å². The van der Waals surface area contributed by atoms with Crippen LogP contribution in [0.1, 0.15) is 50.9 Å². The van der Waals surface area contributed by atoms with Crippen LogP contribution in [-0.2, 0) is 5.41 Å². The van der Waals surface area contributed by atoms with Crippen molar-refractivity contribution in [1.82, 2.24) is 19.9 Å². The van der Waals surface area contributed by atoms with E-state index in [-0.39, 0.29) is 11.1 Å². The highest BCUT2D eigenvalue weighted by Gasteiger charge is 2.31. The molecule has 41 heavy (non-hydrogen) atoms. The van der Waals surface area contributed by atoms with Gasteiger partial charge in [0.1, 0.15) is 0 Å². The molecule has 0 unspecified atom stereocenters. The van der Waals surface area contributed by atoms with E-state index in [4.69, 9.17) is 9.97 Å². The van der Waals surface area contributed by atoms with E-state index in [0.29, 0.717) is 22.8 Å². The molecule has 0 bridgehead atoms. The Kier molecular flexibility index (Phi) is 7.09. The molecule has 10 heteroatoms. The molecule has 0 atom stereocenters. The molecule has 0 aliphatic carbocycles. The first-order valence-electron chi connectivity index (χ1n) is 13.9. The molecule has 6 nitrogen and oxygen atoms in total. The van der Waals surface area contributed by atoms with Crippen molar-refractivity contribution >= 4 is 11.4 Å². The van der Waals surface area contributed by atoms with Crippen LogP contribution >= 0.6 is 0 Å². The molecule has 0 N–H and O–H groups in total. The van der Waals surface area contributed by atoms with Crippen molar-refractivity contribution in [1.29, 1.82) is 0 Å². The number of hydrogen-bond acceptors (Lipinski definition) is 6. The van der Waals surface area contributed by atoms with Gasteiger partial charge in [0, 0.05) is 43.0 Å². The van der Waals surface area contributed by atoms with Gasteiger partial charge in [0.05, 0.1) is 33.9 Å². The smallest absolute Gasteiger partial charge is 0.224 e. The molecule has 0 spiro atoms. The SMILES string of the molecule is CC(C)(c1cc(N2CCCC2)cc(-c2ccc(F)nc2F)n1)c1cc(N2CCCC2)cc(-c2ccc(F)nc2F)n1. The fraction of sp³-hybridized carbons (Fsp3) is 0.355. The fourth-order valence-electron chi connectivity index (χ4n) is 5.60. The van der Waals surface area contributed by atoms with Crippen molar-refractivity contribution < 1.29 is 17.6 Å². The van der Waals surface area contributed by atoms with E-state index in [1.807, 2.05) is 38.1 Å². The van der Waals surface area contributed by atoms with Crippen LogP contribution in [-0.4, -0.2) is 46.1 Å². The summed E-state index contributed by atoms with van der Waals surface area (Å²) in [6.45, 7) is 7.36. The number of halogens is 4. The van der Waals surface area contributed by atoms with Crippen LogP contribution in [0.25, 0.3) is 22.5 Å². The van der Waals surface area contributed by atoms with Gasteiger partial charge in [0.25, 0.3) is 0 Å². The van der Waals surface area contributed by atoms with E-state index >= 15 is 0 Å². The first kappa shape index (κ1) is 27.1. The molecule has 0 amide bonds. The largest absolute Gasteiger partial charge is 0.371 e. The molecule has 212 valence electrons. The molecule has 6 heterocycles. The summed E-state index contributed by atoms with van der Waals surface area (Å²) in [4.78, 5) is 20.9. The molecule has 2 fully saturated rings. The second-order valence-electron chi connectivity index (χ2n) is 11.1. The summed E-state index contributed by atoms with van der Waals surface area (Å²) in [5.74, 6) is -3.67. The monoisotopic (exact) mass is 562 g/mol. The van der Waals surface area contributed by atoms with Crippen molar-refractivity contribution in [2.45, 2.75) is 44.9 Å². The van der Waals surface area contributed by atoms with Gasteiger partial charge in [-0.15, -0.1) is 0 Å². The minimum atomic E-state index is -0.935. The Labute approximate surface area is 236 Å². The molecular weight excluding hydrogens is 532 g/mol. The summed E-state index contributed by atoms with van der Waals surface area (Å²) in [6, 6.07) is 12.5. The Hall–Kier alpha value is -4.08.